The van der Waals surface area contributed by atoms with Gasteiger partial charge in [-0.2, -0.15) is 4.31 Å². The van der Waals surface area contributed by atoms with E-state index in [1.165, 1.54) is 0 Å². The third-order valence-electron chi connectivity index (χ3n) is 2.66. The van der Waals surface area contributed by atoms with Crippen LogP contribution in [0.1, 0.15) is 47.1 Å². The van der Waals surface area contributed by atoms with Gasteiger partial charge in [0, 0.05) is 9.32 Å². The van der Waals surface area contributed by atoms with Crippen molar-refractivity contribution in [2.24, 2.45) is 0 Å². The minimum absolute atomic E-state index is 0.422. The number of hydrogen-bond donors (Lipinski definition) is 2. The normalized spacial score (nSPS) is 11.5. The van der Waals surface area contributed by atoms with Crippen molar-refractivity contribution in [3.05, 3.63) is 33.4 Å². The van der Waals surface area contributed by atoms with Crippen molar-refractivity contribution in [2.75, 3.05) is 0 Å². The molecule has 0 saturated carbocycles. The first-order valence-electron chi connectivity index (χ1n) is 8.26. The average molecular weight is 507 g/mol. The van der Waals surface area contributed by atoms with Crippen molar-refractivity contribution in [1.82, 2.24) is 9.62 Å². The van der Waals surface area contributed by atoms with Crippen LogP contribution >= 0.6 is 34.5 Å². The topological polar surface area (TPSA) is 91.7 Å². The van der Waals surface area contributed by atoms with Crippen molar-refractivity contribution in [3.63, 3.8) is 0 Å². The van der Waals surface area contributed by atoms with Gasteiger partial charge in [-0.25, -0.2) is 9.59 Å². The van der Waals surface area contributed by atoms with Crippen LogP contribution in [-0.2, 0) is 15.2 Å². The number of rotatable bonds is 3. The Morgan fingerprint density at radius 1 is 1.07 bits per heavy atom. The largest absolute Gasteiger partial charge is 0.444 e. The third kappa shape index (κ3) is 9.85. The van der Waals surface area contributed by atoms with Gasteiger partial charge in [0.15, 0.2) is 0 Å². The maximum atomic E-state index is 12.5. The fourth-order valence-corrected chi connectivity index (χ4v) is 2.83. The smallest absolute Gasteiger partial charge is 0.427 e. The van der Waals surface area contributed by atoms with Crippen LogP contribution < -0.4 is 5.32 Å². The summed E-state index contributed by atoms with van der Waals surface area (Å²) in [5, 5.41) is 10.4. The van der Waals surface area contributed by atoms with E-state index >= 15 is 0 Å². The van der Waals surface area contributed by atoms with Gasteiger partial charge in [-0.3, -0.25) is 10.7 Å². The highest BCUT2D eigenvalue weighted by Gasteiger charge is 2.28. The van der Waals surface area contributed by atoms with E-state index in [9.17, 15) is 9.59 Å². The highest BCUT2D eigenvalue weighted by Crippen LogP contribution is 2.21. The van der Waals surface area contributed by atoms with Crippen LogP contribution in [0, 0.1) is 8.98 Å². The number of nitrogens with zero attached hydrogens (tertiary/aromatic N) is 1. The van der Waals surface area contributed by atoms with Crippen molar-refractivity contribution in [1.29, 1.82) is 5.41 Å². The summed E-state index contributed by atoms with van der Waals surface area (Å²) in [6, 6.07) is 7.79. The molecule has 2 N–H and O–H groups in total. The second kappa shape index (κ2) is 9.63. The summed E-state index contributed by atoms with van der Waals surface area (Å²) >= 11 is 3.27. The van der Waals surface area contributed by atoms with E-state index in [2.05, 4.69) is 27.9 Å². The molecule has 0 spiro atoms. The standard InChI is InChI=1S/C18H26IN3O4S/c1-17(2,3)25-15(23)21-14(20)22(16(24)26-18(4,5)6)27-11-12-7-9-13(19)10-8-12/h7-10H,11H2,1-6H3,(H2,20,21,23). The molecule has 1 aromatic carbocycles. The molecule has 150 valence electrons. The number of amides is 2. The zero-order valence-corrected chi connectivity index (χ0v) is 19.4. The molecule has 9 heteroatoms. The molecule has 0 atom stereocenters. The van der Waals surface area contributed by atoms with Crippen molar-refractivity contribution in [3.8, 4) is 0 Å². The predicted molar refractivity (Wildman–Crippen MR) is 116 cm³/mol. The maximum absolute atomic E-state index is 12.5. The number of guanidine groups is 1. The van der Waals surface area contributed by atoms with Gasteiger partial charge < -0.3 is 9.47 Å². The molecule has 2 amide bonds. The van der Waals surface area contributed by atoms with Gasteiger partial charge >= 0.3 is 12.2 Å². The van der Waals surface area contributed by atoms with Gasteiger partial charge in [-0.1, -0.05) is 12.1 Å². The van der Waals surface area contributed by atoms with E-state index < -0.39 is 29.3 Å². The molecule has 0 fully saturated rings. The van der Waals surface area contributed by atoms with E-state index in [1.807, 2.05) is 24.3 Å². The Morgan fingerprint density at radius 2 is 1.59 bits per heavy atom. The van der Waals surface area contributed by atoms with Crippen LogP contribution in [0.3, 0.4) is 0 Å². The molecule has 0 aliphatic rings. The molecular weight excluding hydrogens is 481 g/mol. The van der Waals surface area contributed by atoms with Gasteiger partial charge in [0.2, 0.25) is 5.96 Å². The molecule has 0 aliphatic carbocycles. The molecule has 0 aromatic heterocycles. The molecule has 1 aromatic rings. The zero-order chi connectivity index (χ0) is 20.8. The highest BCUT2D eigenvalue weighted by atomic mass is 127. The number of ether oxygens (including phenoxy) is 2. The highest BCUT2D eigenvalue weighted by molar-refractivity contribution is 14.1. The third-order valence-corrected chi connectivity index (χ3v) is 4.43. The molecular formula is C18H26IN3O4S. The Morgan fingerprint density at radius 3 is 2.07 bits per heavy atom. The minimum atomic E-state index is -0.809. The first kappa shape index (κ1) is 23.5. The summed E-state index contributed by atoms with van der Waals surface area (Å²) in [7, 11) is 0. The van der Waals surface area contributed by atoms with Gasteiger partial charge in [0.05, 0.1) is 0 Å². The Labute approximate surface area is 178 Å². The van der Waals surface area contributed by atoms with E-state index in [0.29, 0.717) is 5.75 Å². The lowest BCUT2D eigenvalue weighted by atomic mass is 10.2. The molecule has 0 heterocycles. The first-order valence-corrected chi connectivity index (χ1v) is 10.3. The van der Waals surface area contributed by atoms with Crippen LogP contribution in [0.4, 0.5) is 9.59 Å². The number of nitrogens with one attached hydrogen (secondary N) is 2. The van der Waals surface area contributed by atoms with Crippen LogP contribution in [0.5, 0.6) is 0 Å². The minimum Gasteiger partial charge on any atom is -0.444 e. The molecule has 0 bridgehead atoms. The van der Waals surface area contributed by atoms with Gasteiger partial charge in [0.25, 0.3) is 0 Å². The Balaban J connectivity index is 2.85. The number of halogens is 1. The molecule has 0 unspecified atom stereocenters. The Kier molecular flexibility index (Phi) is 8.40. The summed E-state index contributed by atoms with van der Waals surface area (Å²) < 4.78 is 12.6. The van der Waals surface area contributed by atoms with Crippen LogP contribution in [0.15, 0.2) is 24.3 Å². The summed E-state index contributed by atoms with van der Waals surface area (Å²) in [4.78, 5) is 24.4. The quantitative estimate of drug-likeness (QED) is 0.256. The Bertz CT molecular complexity index is 681. The monoisotopic (exact) mass is 507 g/mol. The van der Waals surface area contributed by atoms with Crippen LogP contribution in [0.25, 0.3) is 0 Å². The molecule has 27 heavy (non-hydrogen) atoms. The molecule has 0 radical (unpaired) electrons. The molecule has 7 nitrogen and oxygen atoms in total. The van der Waals surface area contributed by atoms with E-state index in [4.69, 9.17) is 14.9 Å². The van der Waals surface area contributed by atoms with Gasteiger partial charge in [-0.15, -0.1) is 0 Å². The predicted octanol–water partition coefficient (Wildman–Crippen LogP) is 5.14. The zero-order valence-electron chi connectivity index (χ0n) is 16.4. The van der Waals surface area contributed by atoms with Gasteiger partial charge in [0.1, 0.15) is 11.2 Å². The SMILES string of the molecule is CC(C)(C)OC(=O)NC(=N)N(SCc1ccc(I)cc1)C(=O)OC(C)(C)C. The van der Waals surface area contributed by atoms with Crippen molar-refractivity contribution < 1.29 is 19.1 Å². The number of alkyl carbamates (subject to hydrolysis) is 1. The summed E-state index contributed by atoms with van der Waals surface area (Å²) in [6.07, 6.45) is -1.55. The summed E-state index contributed by atoms with van der Waals surface area (Å²) in [5.41, 5.74) is -0.473. The van der Waals surface area contributed by atoms with E-state index in [0.717, 1.165) is 25.4 Å². The van der Waals surface area contributed by atoms with E-state index in [1.54, 1.807) is 41.5 Å². The van der Waals surface area contributed by atoms with Gasteiger partial charge in [-0.05, 0) is 93.8 Å². The summed E-state index contributed by atoms with van der Waals surface area (Å²) in [6.45, 7) is 10.3. The molecule has 1 rings (SSSR count). The number of carbonyl (C=O) groups excluding carboxylic acids is 2. The lowest BCUT2D eigenvalue weighted by Crippen LogP contribution is -2.46. The van der Waals surface area contributed by atoms with Crippen molar-refractivity contribution >= 4 is 52.7 Å². The second-order valence-electron chi connectivity index (χ2n) is 7.65. The number of carbonyl (C=O) groups is 2. The molecule has 0 aliphatic heterocycles. The first-order chi connectivity index (χ1) is 12.3. The maximum Gasteiger partial charge on any atom is 0.427 e. The summed E-state index contributed by atoms with van der Waals surface area (Å²) in [5.74, 6) is 0.00293. The van der Waals surface area contributed by atoms with E-state index in [-0.39, 0.29) is 0 Å². The van der Waals surface area contributed by atoms with Crippen LogP contribution in [0.2, 0.25) is 0 Å². The second-order valence-corrected chi connectivity index (χ2v) is 9.81. The lowest BCUT2D eigenvalue weighted by Gasteiger charge is -2.27. The number of hydrogen-bond acceptors (Lipinski definition) is 6. The fourth-order valence-electron chi connectivity index (χ4n) is 1.68. The molecule has 0 saturated heterocycles. The van der Waals surface area contributed by atoms with Crippen molar-refractivity contribution in [2.45, 2.75) is 58.5 Å². The lowest BCUT2D eigenvalue weighted by molar-refractivity contribution is 0.0463. The Hall–Kier alpha value is -1.49. The average Bonchev–Trinajstić information content (AvgIpc) is 2.45. The van der Waals surface area contributed by atoms with Crippen LogP contribution in [-0.4, -0.2) is 33.7 Å². The fraction of sp³-hybridized carbons (Fsp3) is 0.500. The number of benzene rings is 1.